The van der Waals surface area contributed by atoms with Gasteiger partial charge in [0.15, 0.2) is 0 Å². The van der Waals surface area contributed by atoms with Crippen LogP contribution in [0, 0.1) is 18.3 Å². The second kappa shape index (κ2) is 10.4. The van der Waals surface area contributed by atoms with Crippen LogP contribution >= 0.6 is 0 Å². The van der Waals surface area contributed by atoms with Crippen molar-refractivity contribution in [1.29, 1.82) is 5.26 Å². The molecule has 1 rings (SSSR count). The summed E-state index contributed by atoms with van der Waals surface area (Å²) >= 11 is 0. The highest BCUT2D eigenvalue weighted by Gasteiger charge is 2.20. The fourth-order valence-electron chi connectivity index (χ4n) is 2.28. The molecule has 0 aliphatic heterocycles. The second-order valence-electron chi connectivity index (χ2n) is 5.65. The number of imide groups is 2. The van der Waals surface area contributed by atoms with Gasteiger partial charge in [0, 0.05) is 18.8 Å². The Bertz CT molecular complexity index is 985. The van der Waals surface area contributed by atoms with Gasteiger partial charge in [-0.3, -0.25) is 29.6 Å². The molecule has 156 valence electrons. The van der Waals surface area contributed by atoms with Gasteiger partial charge in [-0.05, 0) is 20.8 Å². The van der Waals surface area contributed by atoms with E-state index in [1.807, 2.05) is 10.6 Å². The van der Waals surface area contributed by atoms with Crippen LogP contribution in [0.3, 0.4) is 0 Å². The van der Waals surface area contributed by atoms with Crippen molar-refractivity contribution >= 4 is 23.9 Å². The van der Waals surface area contributed by atoms with Gasteiger partial charge in [-0.25, -0.2) is 19.0 Å². The highest BCUT2D eigenvalue weighted by molar-refractivity contribution is 5.94. The molecule has 6 amide bonds. The molecule has 0 unspecified atom stereocenters. The van der Waals surface area contributed by atoms with Crippen LogP contribution in [-0.2, 0) is 22.7 Å². The van der Waals surface area contributed by atoms with Crippen LogP contribution in [-0.4, -0.2) is 46.1 Å². The molecule has 0 saturated carbocycles. The Balaban J connectivity index is 3.26. The Hall–Kier alpha value is -3.95. The zero-order valence-corrected chi connectivity index (χ0v) is 16.1. The molecule has 0 radical (unpaired) electrons. The third-order valence-corrected chi connectivity index (χ3v) is 3.58. The van der Waals surface area contributed by atoms with E-state index in [9.17, 15) is 34.0 Å². The quantitative estimate of drug-likeness (QED) is 0.415. The fourth-order valence-corrected chi connectivity index (χ4v) is 2.28. The van der Waals surface area contributed by atoms with Gasteiger partial charge in [0.05, 0.1) is 0 Å². The minimum atomic E-state index is -1.05. The van der Waals surface area contributed by atoms with E-state index in [1.54, 1.807) is 19.9 Å². The first-order chi connectivity index (χ1) is 13.7. The molecule has 0 saturated heterocycles. The highest BCUT2D eigenvalue weighted by atomic mass is 16.2. The van der Waals surface area contributed by atoms with E-state index in [0.717, 1.165) is 4.57 Å². The molecule has 0 aliphatic rings. The molecular formula is C16H21N7O6. The van der Waals surface area contributed by atoms with Crippen LogP contribution in [0.2, 0.25) is 0 Å². The zero-order chi connectivity index (χ0) is 22.1. The zero-order valence-electron chi connectivity index (χ0n) is 16.1. The van der Waals surface area contributed by atoms with Gasteiger partial charge in [-0.15, -0.1) is 0 Å². The number of carbonyl (C=O) groups is 4. The lowest BCUT2D eigenvalue weighted by Crippen LogP contribution is -2.49. The first-order valence-corrected chi connectivity index (χ1v) is 8.55. The van der Waals surface area contributed by atoms with E-state index in [4.69, 9.17) is 0 Å². The summed E-state index contributed by atoms with van der Waals surface area (Å²) in [7, 11) is 0. The molecule has 13 heteroatoms. The predicted molar refractivity (Wildman–Crippen MR) is 98.8 cm³/mol. The van der Waals surface area contributed by atoms with Crippen LogP contribution in [0.15, 0.2) is 9.59 Å². The van der Waals surface area contributed by atoms with E-state index in [2.05, 4.69) is 10.6 Å². The number of carbonyl (C=O) groups excluding carboxylic acids is 4. The van der Waals surface area contributed by atoms with Crippen molar-refractivity contribution in [3.05, 3.63) is 32.1 Å². The maximum absolute atomic E-state index is 12.6. The number of rotatable bonds is 6. The number of hydrogen-bond acceptors (Lipinski definition) is 7. The Kier molecular flexibility index (Phi) is 8.28. The number of nitrogens with zero attached hydrogens (tertiary/aromatic N) is 3. The summed E-state index contributed by atoms with van der Waals surface area (Å²) in [6, 6.07) is 0.0262. The Morgan fingerprint density at radius 1 is 0.897 bits per heavy atom. The summed E-state index contributed by atoms with van der Waals surface area (Å²) in [6.45, 7) is 3.53. The van der Waals surface area contributed by atoms with Gasteiger partial charge in [-0.2, -0.15) is 5.26 Å². The van der Waals surface area contributed by atoms with Crippen LogP contribution in [0.5, 0.6) is 0 Å². The summed E-state index contributed by atoms with van der Waals surface area (Å²) in [5.41, 5.74) is -2.65. The summed E-state index contributed by atoms with van der Waals surface area (Å²) in [4.78, 5) is 71.8. The summed E-state index contributed by atoms with van der Waals surface area (Å²) in [6.07, 6.45) is 0. The van der Waals surface area contributed by atoms with Crippen LogP contribution < -0.4 is 32.5 Å². The molecule has 0 aromatic carbocycles. The summed E-state index contributed by atoms with van der Waals surface area (Å²) < 4.78 is 1.22. The van der Waals surface area contributed by atoms with Crippen molar-refractivity contribution in [2.75, 3.05) is 13.1 Å². The minimum Gasteiger partial charge on any atom is -0.338 e. The largest absolute Gasteiger partial charge is 0.338 e. The number of nitrogens with one attached hydrogen (secondary N) is 4. The smallest absolute Gasteiger partial charge is 0.332 e. The summed E-state index contributed by atoms with van der Waals surface area (Å²) in [5.74, 6) is -1.84. The molecule has 29 heavy (non-hydrogen) atoms. The molecule has 0 atom stereocenters. The van der Waals surface area contributed by atoms with E-state index < -0.39 is 53.8 Å². The lowest BCUT2D eigenvalue weighted by Gasteiger charge is -2.14. The standard InChI is InChI=1S/C16H21N7O6/c1-4-18-14(27)20-11(24)7-22-9(3)10(6-17)13(26)23(16(22)29)8-12(25)21-15(28)19-5-2/h4-5,7-8H2,1-3H3,(H2,18,20,24,27)(H2,19,21,25,28). The number of urea groups is 2. The molecule has 1 heterocycles. The predicted octanol–water partition coefficient (Wildman–Crippen LogP) is -2.12. The number of aromatic nitrogens is 2. The van der Waals surface area contributed by atoms with Crippen molar-refractivity contribution in [3.63, 3.8) is 0 Å². The Morgan fingerprint density at radius 3 is 1.76 bits per heavy atom. The lowest BCUT2D eigenvalue weighted by atomic mass is 10.2. The monoisotopic (exact) mass is 407 g/mol. The average Bonchev–Trinajstić information content (AvgIpc) is 2.63. The normalized spacial score (nSPS) is 9.86. The molecule has 0 bridgehead atoms. The van der Waals surface area contributed by atoms with Crippen molar-refractivity contribution in [2.24, 2.45) is 0 Å². The highest BCUT2D eigenvalue weighted by Crippen LogP contribution is 1.99. The van der Waals surface area contributed by atoms with Gasteiger partial charge in [-0.1, -0.05) is 0 Å². The van der Waals surface area contributed by atoms with Crippen molar-refractivity contribution in [1.82, 2.24) is 30.4 Å². The maximum atomic E-state index is 12.6. The van der Waals surface area contributed by atoms with Crippen LogP contribution in [0.4, 0.5) is 9.59 Å². The van der Waals surface area contributed by atoms with E-state index >= 15 is 0 Å². The second-order valence-corrected chi connectivity index (χ2v) is 5.65. The van der Waals surface area contributed by atoms with Crippen molar-refractivity contribution in [2.45, 2.75) is 33.9 Å². The first-order valence-electron chi connectivity index (χ1n) is 8.55. The molecule has 1 aromatic rings. The number of amides is 6. The van der Waals surface area contributed by atoms with Crippen molar-refractivity contribution in [3.8, 4) is 6.07 Å². The molecule has 0 spiro atoms. The fraction of sp³-hybridized carbons (Fsp3) is 0.438. The molecular weight excluding hydrogens is 386 g/mol. The van der Waals surface area contributed by atoms with Gasteiger partial charge < -0.3 is 10.6 Å². The first kappa shape index (κ1) is 23.1. The maximum Gasteiger partial charge on any atom is 0.332 e. The van der Waals surface area contributed by atoms with Gasteiger partial charge >= 0.3 is 17.8 Å². The molecule has 4 N–H and O–H groups in total. The lowest BCUT2D eigenvalue weighted by molar-refractivity contribution is -0.121. The Labute approximate surface area is 164 Å². The number of nitriles is 1. The Morgan fingerprint density at radius 2 is 1.34 bits per heavy atom. The van der Waals surface area contributed by atoms with Crippen LogP contribution in [0.1, 0.15) is 25.1 Å². The molecule has 1 aromatic heterocycles. The van der Waals surface area contributed by atoms with E-state index in [-0.39, 0.29) is 18.8 Å². The molecule has 13 nitrogen and oxygen atoms in total. The summed E-state index contributed by atoms with van der Waals surface area (Å²) in [5, 5.41) is 17.8. The number of hydrogen-bond donors (Lipinski definition) is 4. The van der Waals surface area contributed by atoms with E-state index in [0.29, 0.717) is 4.57 Å². The third kappa shape index (κ3) is 6.03. The van der Waals surface area contributed by atoms with Gasteiger partial charge in [0.2, 0.25) is 11.8 Å². The molecule has 0 fully saturated rings. The molecule has 0 aliphatic carbocycles. The SMILES string of the molecule is CCNC(=O)NC(=O)Cn1c(C)c(C#N)c(=O)n(CC(=O)NC(=O)NCC)c1=O. The minimum absolute atomic E-state index is 0.103. The van der Waals surface area contributed by atoms with Gasteiger partial charge in [0.1, 0.15) is 24.7 Å². The van der Waals surface area contributed by atoms with Crippen molar-refractivity contribution < 1.29 is 19.2 Å². The average molecular weight is 407 g/mol. The topological polar surface area (TPSA) is 184 Å². The van der Waals surface area contributed by atoms with Crippen LogP contribution in [0.25, 0.3) is 0 Å². The van der Waals surface area contributed by atoms with Gasteiger partial charge in [0.25, 0.3) is 5.56 Å². The van der Waals surface area contributed by atoms with E-state index in [1.165, 1.54) is 6.92 Å². The third-order valence-electron chi connectivity index (χ3n) is 3.58.